The number of likely N-dealkylation sites (tertiary alicyclic amines) is 1. The SMILES string of the molecule is O=C1CC(CS(=O)(=O)F)CN1CCc1ccncc1. The summed E-state index contributed by atoms with van der Waals surface area (Å²) in [5.41, 5.74) is 1.06. The molecule has 7 heteroatoms. The van der Waals surface area contributed by atoms with Crippen LogP contribution < -0.4 is 0 Å². The van der Waals surface area contributed by atoms with E-state index in [9.17, 15) is 17.1 Å². The Morgan fingerprint density at radius 3 is 2.68 bits per heavy atom. The summed E-state index contributed by atoms with van der Waals surface area (Å²) >= 11 is 0. The van der Waals surface area contributed by atoms with Crippen LogP contribution in [-0.4, -0.2) is 43.1 Å². The number of aromatic nitrogens is 1. The van der Waals surface area contributed by atoms with E-state index in [1.54, 1.807) is 17.3 Å². The minimum atomic E-state index is -4.51. The second kappa shape index (κ2) is 5.64. The van der Waals surface area contributed by atoms with Crippen LogP contribution in [0.25, 0.3) is 0 Å². The molecule has 1 amide bonds. The normalized spacial score (nSPS) is 19.9. The third-order valence-electron chi connectivity index (χ3n) is 3.15. The number of hydrogen-bond acceptors (Lipinski definition) is 4. The molecule has 0 aromatic carbocycles. The van der Waals surface area contributed by atoms with Crippen molar-refractivity contribution in [3.63, 3.8) is 0 Å². The van der Waals surface area contributed by atoms with Gasteiger partial charge in [0.1, 0.15) is 0 Å². The molecule has 0 saturated carbocycles. The summed E-state index contributed by atoms with van der Waals surface area (Å²) in [6.45, 7) is 0.832. The van der Waals surface area contributed by atoms with Crippen molar-refractivity contribution < 1.29 is 17.1 Å². The maximum atomic E-state index is 12.6. The summed E-state index contributed by atoms with van der Waals surface area (Å²) < 4.78 is 33.7. The number of halogens is 1. The molecule has 19 heavy (non-hydrogen) atoms. The van der Waals surface area contributed by atoms with Gasteiger partial charge in [0.15, 0.2) is 0 Å². The minimum absolute atomic E-state index is 0.109. The number of pyridine rings is 1. The predicted octanol–water partition coefficient (Wildman–Crippen LogP) is 0.772. The lowest BCUT2D eigenvalue weighted by atomic mass is 10.1. The highest BCUT2D eigenvalue weighted by molar-refractivity contribution is 7.86. The molecule has 1 fully saturated rings. The topological polar surface area (TPSA) is 67.3 Å². The summed E-state index contributed by atoms with van der Waals surface area (Å²) in [5.74, 6) is -1.10. The van der Waals surface area contributed by atoms with Gasteiger partial charge in [0, 0.05) is 37.8 Å². The average molecular weight is 286 g/mol. The number of carbonyl (C=O) groups excluding carboxylic acids is 1. The van der Waals surface area contributed by atoms with Crippen LogP contribution in [0, 0.1) is 5.92 Å². The van der Waals surface area contributed by atoms with Crippen molar-refractivity contribution >= 4 is 16.1 Å². The monoisotopic (exact) mass is 286 g/mol. The molecular weight excluding hydrogens is 271 g/mol. The molecule has 1 aromatic rings. The first-order valence-electron chi connectivity index (χ1n) is 6.03. The number of nitrogens with zero attached hydrogens (tertiary/aromatic N) is 2. The first-order chi connectivity index (χ1) is 8.94. The van der Waals surface area contributed by atoms with Gasteiger partial charge in [0.05, 0.1) is 5.75 Å². The van der Waals surface area contributed by atoms with Crippen molar-refractivity contribution in [3.8, 4) is 0 Å². The summed E-state index contributed by atoms with van der Waals surface area (Å²) in [6, 6.07) is 3.73. The van der Waals surface area contributed by atoms with E-state index in [4.69, 9.17) is 0 Å². The molecule has 1 aliphatic rings. The lowest BCUT2D eigenvalue weighted by Crippen LogP contribution is -2.28. The Balaban J connectivity index is 1.87. The Morgan fingerprint density at radius 2 is 2.05 bits per heavy atom. The van der Waals surface area contributed by atoms with E-state index in [-0.39, 0.29) is 12.3 Å². The lowest BCUT2D eigenvalue weighted by Gasteiger charge is -2.16. The molecule has 0 bridgehead atoms. The number of hydrogen-bond donors (Lipinski definition) is 0. The largest absolute Gasteiger partial charge is 0.342 e. The van der Waals surface area contributed by atoms with Gasteiger partial charge < -0.3 is 4.90 Å². The molecule has 0 spiro atoms. The summed E-state index contributed by atoms with van der Waals surface area (Å²) in [6.07, 6.45) is 4.15. The zero-order valence-corrected chi connectivity index (χ0v) is 11.1. The van der Waals surface area contributed by atoms with E-state index in [0.29, 0.717) is 19.5 Å². The zero-order chi connectivity index (χ0) is 13.9. The van der Waals surface area contributed by atoms with Gasteiger partial charge in [-0.2, -0.15) is 8.42 Å². The fourth-order valence-electron chi connectivity index (χ4n) is 2.28. The molecule has 1 unspecified atom stereocenters. The van der Waals surface area contributed by atoms with Crippen molar-refractivity contribution in [3.05, 3.63) is 30.1 Å². The molecule has 1 aliphatic heterocycles. The van der Waals surface area contributed by atoms with Crippen molar-refractivity contribution in [1.29, 1.82) is 0 Å². The van der Waals surface area contributed by atoms with Gasteiger partial charge >= 0.3 is 10.2 Å². The molecule has 1 atom stereocenters. The van der Waals surface area contributed by atoms with E-state index >= 15 is 0 Å². The maximum absolute atomic E-state index is 12.6. The zero-order valence-electron chi connectivity index (χ0n) is 10.3. The number of rotatable bonds is 5. The quantitative estimate of drug-likeness (QED) is 0.750. The summed E-state index contributed by atoms with van der Waals surface area (Å²) in [4.78, 5) is 17.2. The van der Waals surface area contributed by atoms with Crippen molar-refractivity contribution in [1.82, 2.24) is 9.88 Å². The Labute approximate surface area is 111 Å². The van der Waals surface area contributed by atoms with E-state index in [0.717, 1.165) is 5.56 Å². The maximum Gasteiger partial charge on any atom is 0.302 e. The van der Waals surface area contributed by atoms with Crippen LogP contribution >= 0.6 is 0 Å². The van der Waals surface area contributed by atoms with Gasteiger partial charge in [-0.1, -0.05) is 0 Å². The number of amides is 1. The fraction of sp³-hybridized carbons (Fsp3) is 0.500. The van der Waals surface area contributed by atoms with Crippen LogP contribution in [0.5, 0.6) is 0 Å². The van der Waals surface area contributed by atoms with Gasteiger partial charge in [-0.15, -0.1) is 3.89 Å². The Morgan fingerprint density at radius 1 is 1.37 bits per heavy atom. The van der Waals surface area contributed by atoms with E-state index in [2.05, 4.69) is 4.98 Å². The minimum Gasteiger partial charge on any atom is -0.342 e. The first-order valence-corrected chi connectivity index (χ1v) is 7.58. The van der Waals surface area contributed by atoms with E-state index < -0.39 is 21.9 Å². The Kier molecular flexibility index (Phi) is 4.14. The molecular formula is C12H15FN2O3S. The molecule has 5 nitrogen and oxygen atoms in total. The van der Waals surface area contributed by atoms with Crippen LogP contribution in [0.1, 0.15) is 12.0 Å². The molecule has 1 saturated heterocycles. The summed E-state index contributed by atoms with van der Waals surface area (Å²) in [5, 5.41) is 0. The van der Waals surface area contributed by atoms with Crippen LogP contribution in [0.2, 0.25) is 0 Å². The highest BCUT2D eigenvalue weighted by Gasteiger charge is 2.32. The Bertz CT molecular complexity index is 547. The van der Waals surface area contributed by atoms with Crippen LogP contribution in [-0.2, 0) is 21.4 Å². The van der Waals surface area contributed by atoms with Crippen molar-refractivity contribution in [2.24, 2.45) is 5.92 Å². The smallest absolute Gasteiger partial charge is 0.302 e. The van der Waals surface area contributed by atoms with Gasteiger partial charge in [-0.25, -0.2) is 0 Å². The second-order valence-electron chi connectivity index (χ2n) is 4.72. The van der Waals surface area contributed by atoms with Gasteiger partial charge in [0.2, 0.25) is 5.91 Å². The first kappa shape index (κ1) is 13.9. The number of carbonyl (C=O) groups is 1. The van der Waals surface area contributed by atoms with E-state index in [1.807, 2.05) is 12.1 Å². The highest BCUT2D eigenvalue weighted by Crippen LogP contribution is 2.20. The van der Waals surface area contributed by atoms with Crippen LogP contribution in [0.4, 0.5) is 3.89 Å². The summed E-state index contributed by atoms with van der Waals surface area (Å²) in [7, 11) is -4.51. The van der Waals surface area contributed by atoms with Crippen LogP contribution in [0.15, 0.2) is 24.5 Å². The van der Waals surface area contributed by atoms with Gasteiger partial charge in [-0.05, 0) is 24.1 Å². The Hall–Kier alpha value is -1.50. The van der Waals surface area contributed by atoms with Crippen molar-refractivity contribution in [2.45, 2.75) is 12.8 Å². The highest BCUT2D eigenvalue weighted by atomic mass is 32.3. The molecule has 1 aromatic heterocycles. The standard InChI is InChI=1S/C12H15FN2O3S/c13-19(17,18)9-11-7-12(16)15(8-11)6-3-10-1-4-14-5-2-10/h1-2,4-5,11H,3,6-9H2. The average Bonchev–Trinajstić information content (AvgIpc) is 2.66. The molecule has 2 rings (SSSR count). The molecule has 0 N–H and O–H groups in total. The molecule has 104 valence electrons. The third-order valence-corrected chi connectivity index (χ3v) is 4.02. The molecule has 2 heterocycles. The van der Waals surface area contributed by atoms with Crippen molar-refractivity contribution in [2.75, 3.05) is 18.8 Å². The fourth-order valence-corrected chi connectivity index (χ4v) is 3.06. The molecule has 0 aliphatic carbocycles. The third kappa shape index (κ3) is 4.27. The lowest BCUT2D eigenvalue weighted by molar-refractivity contribution is -0.127. The second-order valence-corrected chi connectivity index (χ2v) is 6.13. The van der Waals surface area contributed by atoms with E-state index in [1.165, 1.54) is 0 Å². The van der Waals surface area contributed by atoms with Crippen LogP contribution in [0.3, 0.4) is 0 Å². The predicted molar refractivity (Wildman–Crippen MR) is 67.5 cm³/mol. The van der Waals surface area contributed by atoms with Gasteiger partial charge in [0.25, 0.3) is 0 Å². The molecule has 0 radical (unpaired) electrons. The van der Waals surface area contributed by atoms with Gasteiger partial charge in [-0.3, -0.25) is 9.78 Å².